The zero-order valence-corrected chi connectivity index (χ0v) is 8.06. The van der Waals surface area contributed by atoms with E-state index in [2.05, 4.69) is 0 Å². The van der Waals surface area contributed by atoms with Crippen LogP contribution in [0.25, 0.3) is 0 Å². The van der Waals surface area contributed by atoms with E-state index in [1.54, 1.807) is 6.07 Å². The van der Waals surface area contributed by atoms with Crippen molar-refractivity contribution in [3.05, 3.63) is 23.8 Å². The molecule has 0 saturated carbocycles. The Hall–Kier alpha value is -1.10. The van der Waals surface area contributed by atoms with Gasteiger partial charge in [0, 0.05) is 5.56 Å². The molecule has 0 spiro atoms. The first kappa shape index (κ1) is 9.98. The lowest BCUT2D eigenvalue weighted by atomic mass is 10.2. The molecule has 0 N–H and O–H groups in total. The van der Waals surface area contributed by atoms with Crippen LogP contribution in [0.4, 0.5) is 3.89 Å². The Morgan fingerprint density at radius 1 is 1.38 bits per heavy atom. The fraction of sp³-hybridized carbons (Fsp3) is 0.250. The molecular weight excluding hydrogens is 195 g/mol. The molecule has 0 atom stereocenters. The summed E-state index contributed by atoms with van der Waals surface area (Å²) in [5.74, 6) is 0.360. The normalized spacial score (nSPS) is 11.3. The Kier molecular flexibility index (Phi) is 2.56. The third kappa shape index (κ3) is 1.98. The lowest BCUT2D eigenvalue weighted by Crippen LogP contribution is -1.97. The Labute approximate surface area is 76.4 Å². The van der Waals surface area contributed by atoms with Crippen LogP contribution in [0, 0.1) is 6.92 Å². The molecule has 0 aromatic heterocycles. The third-order valence-corrected chi connectivity index (χ3v) is 2.68. The second kappa shape index (κ2) is 3.33. The monoisotopic (exact) mass is 204 g/mol. The van der Waals surface area contributed by atoms with E-state index in [0.29, 0.717) is 5.75 Å². The van der Waals surface area contributed by atoms with E-state index >= 15 is 0 Å². The highest BCUT2D eigenvalue weighted by molar-refractivity contribution is 7.86. The standard InChI is InChI=1S/C8H9FO3S/c1-6-7(12-2)4-3-5-8(6)13(9,10)11/h3-5H,1-2H3. The summed E-state index contributed by atoms with van der Waals surface area (Å²) in [6, 6.07) is 4.20. The molecule has 3 nitrogen and oxygen atoms in total. The van der Waals surface area contributed by atoms with Crippen LogP contribution in [-0.2, 0) is 10.2 Å². The molecule has 72 valence electrons. The molecule has 0 fully saturated rings. The maximum atomic E-state index is 12.6. The molecule has 0 amide bonds. The summed E-state index contributed by atoms with van der Waals surface area (Å²) in [6.45, 7) is 1.49. The van der Waals surface area contributed by atoms with Gasteiger partial charge >= 0.3 is 10.2 Å². The first-order valence-corrected chi connectivity index (χ1v) is 4.93. The Morgan fingerprint density at radius 2 is 2.00 bits per heavy atom. The molecular formula is C8H9FO3S. The highest BCUT2D eigenvalue weighted by atomic mass is 32.3. The number of benzene rings is 1. The zero-order valence-electron chi connectivity index (χ0n) is 7.24. The summed E-state index contributed by atoms with van der Waals surface area (Å²) < 4.78 is 38.7. The molecule has 1 aromatic rings. The predicted molar refractivity (Wildman–Crippen MR) is 46.0 cm³/mol. The van der Waals surface area contributed by atoms with Gasteiger partial charge in [-0.15, -0.1) is 3.89 Å². The Morgan fingerprint density at radius 3 is 2.46 bits per heavy atom. The highest BCUT2D eigenvalue weighted by Gasteiger charge is 2.16. The maximum Gasteiger partial charge on any atom is 0.332 e. The molecule has 0 heterocycles. The number of ether oxygens (including phenoxy) is 1. The second-order valence-corrected chi connectivity index (χ2v) is 3.84. The Bertz CT molecular complexity index is 411. The molecule has 0 unspecified atom stereocenters. The first-order chi connectivity index (χ1) is 5.96. The molecule has 0 radical (unpaired) electrons. The average Bonchev–Trinajstić information content (AvgIpc) is 2.02. The van der Waals surface area contributed by atoms with Crippen LogP contribution < -0.4 is 4.74 Å². The molecule has 0 saturated heterocycles. The number of hydrogen-bond donors (Lipinski definition) is 0. The number of halogens is 1. The Balaban J connectivity index is 3.41. The predicted octanol–water partition coefficient (Wildman–Crippen LogP) is 1.66. The van der Waals surface area contributed by atoms with Crippen molar-refractivity contribution in [2.24, 2.45) is 0 Å². The van der Waals surface area contributed by atoms with E-state index in [0.717, 1.165) is 0 Å². The minimum atomic E-state index is -4.65. The summed E-state index contributed by atoms with van der Waals surface area (Å²) in [4.78, 5) is -0.341. The number of hydrogen-bond acceptors (Lipinski definition) is 3. The van der Waals surface area contributed by atoms with E-state index in [-0.39, 0.29) is 10.5 Å². The van der Waals surface area contributed by atoms with Crippen LogP contribution in [0.3, 0.4) is 0 Å². The summed E-state index contributed by atoms with van der Waals surface area (Å²) >= 11 is 0. The highest BCUT2D eigenvalue weighted by Crippen LogP contribution is 2.25. The summed E-state index contributed by atoms with van der Waals surface area (Å²) in [5.41, 5.74) is 0.285. The summed E-state index contributed by atoms with van der Waals surface area (Å²) in [6.07, 6.45) is 0. The van der Waals surface area contributed by atoms with Crippen molar-refractivity contribution in [3.8, 4) is 5.75 Å². The van der Waals surface area contributed by atoms with Crippen LogP contribution in [0.2, 0.25) is 0 Å². The summed E-state index contributed by atoms with van der Waals surface area (Å²) in [5, 5.41) is 0. The molecule has 1 rings (SSSR count). The lowest BCUT2D eigenvalue weighted by Gasteiger charge is -2.06. The first-order valence-electron chi connectivity index (χ1n) is 3.55. The minimum Gasteiger partial charge on any atom is -0.496 e. The van der Waals surface area contributed by atoms with Gasteiger partial charge in [0.25, 0.3) is 0 Å². The van der Waals surface area contributed by atoms with Crippen molar-refractivity contribution in [2.75, 3.05) is 7.11 Å². The largest absolute Gasteiger partial charge is 0.496 e. The molecule has 5 heteroatoms. The van der Waals surface area contributed by atoms with E-state index in [4.69, 9.17) is 4.74 Å². The lowest BCUT2D eigenvalue weighted by molar-refractivity contribution is 0.409. The van der Waals surface area contributed by atoms with E-state index in [1.165, 1.54) is 26.2 Å². The molecule has 0 aliphatic carbocycles. The van der Waals surface area contributed by atoms with Gasteiger partial charge in [0.1, 0.15) is 10.6 Å². The molecule has 0 aliphatic heterocycles. The van der Waals surface area contributed by atoms with Gasteiger partial charge in [0.2, 0.25) is 0 Å². The minimum absolute atomic E-state index is 0.285. The molecule has 0 bridgehead atoms. The van der Waals surface area contributed by atoms with Crippen molar-refractivity contribution in [2.45, 2.75) is 11.8 Å². The van der Waals surface area contributed by atoms with E-state index < -0.39 is 10.2 Å². The zero-order chi connectivity index (χ0) is 10.1. The van der Waals surface area contributed by atoms with Crippen LogP contribution in [-0.4, -0.2) is 15.5 Å². The van der Waals surface area contributed by atoms with Crippen molar-refractivity contribution >= 4 is 10.2 Å². The maximum absolute atomic E-state index is 12.6. The fourth-order valence-corrected chi connectivity index (χ4v) is 1.79. The summed E-state index contributed by atoms with van der Waals surface area (Å²) in [7, 11) is -3.25. The van der Waals surface area contributed by atoms with Gasteiger partial charge in [-0.2, -0.15) is 8.42 Å². The van der Waals surface area contributed by atoms with Crippen molar-refractivity contribution in [1.29, 1.82) is 0 Å². The smallest absolute Gasteiger partial charge is 0.332 e. The van der Waals surface area contributed by atoms with Gasteiger partial charge in [0.05, 0.1) is 7.11 Å². The molecule has 0 aliphatic rings. The fourth-order valence-electron chi connectivity index (χ4n) is 1.08. The van der Waals surface area contributed by atoms with Crippen molar-refractivity contribution in [1.82, 2.24) is 0 Å². The van der Waals surface area contributed by atoms with Crippen molar-refractivity contribution in [3.63, 3.8) is 0 Å². The second-order valence-electron chi connectivity index (χ2n) is 2.52. The quantitative estimate of drug-likeness (QED) is 0.688. The van der Waals surface area contributed by atoms with Crippen LogP contribution in [0.15, 0.2) is 23.1 Å². The topological polar surface area (TPSA) is 43.4 Å². The van der Waals surface area contributed by atoms with E-state index in [1.807, 2.05) is 0 Å². The van der Waals surface area contributed by atoms with Crippen LogP contribution in [0.1, 0.15) is 5.56 Å². The van der Waals surface area contributed by atoms with Gasteiger partial charge in [-0.25, -0.2) is 0 Å². The van der Waals surface area contributed by atoms with Gasteiger partial charge in [-0.05, 0) is 19.1 Å². The van der Waals surface area contributed by atoms with Crippen molar-refractivity contribution < 1.29 is 17.0 Å². The van der Waals surface area contributed by atoms with Gasteiger partial charge in [-0.3, -0.25) is 0 Å². The molecule has 1 aromatic carbocycles. The number of methoxy groups -OCH3 is 1. The number of rotatable bonds is 2. The van der Waals surface area contributed by atoms with Crippen LogP contribution >= 0.6 is 0 Å². The van der Waals surface area contributed by atoms with Gasteiger partial charge in [-0.1, -0.05) is 6.07 Å². The van der Waals surface area contributed by atoms with Crippen LogP contribution in [0.5, 0.6) is 5.75 Å². The third-order valence-electron chi connectivity index (χ3n) is 1.72. The van der Waals surface area contributed by atoms with Gasteiger partial charge in [0.15, 0.2) is 0 Å². The average molecular weight is 204 g/mol. The van der Waals surface area contributed by atoms with E-state index in [9.17, 15) is 12.3 Å². The molecule has 13 heavy (non-hydrogen) atoms. The SMILES string of the molecule is COc1cccc(S(=O)(=O)F)c1C. The van der Waals surface area contributed by atoms with Gasteiger partial charge < -0.3 is 4.74 Å².